The Morgan fingerprint density at radius 2 is 2.25 bits per heavy atom. The van der Waals surface area contributed by atoms with Crippen LogP contribution < -0.4 is 5.32 Å². The lowest BCUT2D eigenvalue weighted by Gasteiger charge is -2.25. The van der Waals surface area contributed by atoms with Crippen LogP contribution in [0.25, 0.3) is 0 Å². The van der Waals surface area contributed by atoms with Crippen LogP contribution in [0.15, 0.2) is 12.3 Å². The lowest BCUT2D eigenvalue weighted by atomic mass is 10.0. The number of rotatable bonds is 1. The van der Waals surface area contributed by atoms with Gasteiger partial charge in [-0.25, -0.2) is 0 Å². The van der Waals surface area contributed by atoms with Crippen LogP contribution in [0.5, 0.6) is 0 Å². The van der Waals surface area contributed by atoms with Crippen molar-refractivity contribution in [2.24, 2.45) is 0 Å². The van der Waals surface area contributed by atoms with Crippen LogP contribution in [0.2, 0.25) is 0 Å². The zero-order valence-electron chi connectivity index (χ0n) is 8.64. The molecule has 88 valence electrons. The van der Waals surface area contributed by atoms with Crippen LogP contribution in [-0.2, 0) is 17.5 Å². The highest BCUT2D eigenvalue weighted by Crippen LogP contribution is 2.31. The van der Waals surface area contributed by atoms with Crippen molar-refractivity contribution in [2.45, 2.75) is 18.8 Å². The van der Waals surface area contributed by atoms with Crippen LogP contribution in [0.1, 0.15) is 22.9 Å². The molecule has 0 fully saturated rings. The Labute approximate surface area is 90.6 Å². The smallest absolute Gasteiger partial charge is 0.375 e. The highest BCUT2D eigenvalue weighted by Gasteiger charge is 2.34. The summed E-state index contributed by atoms with van der Waals surface area (Å²) in [6, 6.07) is 0.970. The average molecular weight is 232 g/mol. The highest BCUT2D eigenvalue weighted by molar-refractivity contribution is 5.31. The summed E-state index contributed by atoms with van der Waals surface area (Å²) in [6.45, 7) is 0.662. The molecule has 6 heteroatoms. The van der Waals surface area contributed by atoms with Crippen LogP contribution >= 0.6 is 0 Å². The predicted molar refractivity (Wildman–Crippen MR) is 50.7 cm³/mol. The van der Waals surface area contributed by atoms with Crippen molar-refractivity contribution in [1.29, 1.82) is 0 Å². The topological polar surface area (TPSA) is 34.1 Å². The average Bonchev–Trinajstić information content (AvgIpc) is 2.26. The number of nitrogens with one attached hydrogen (secondary N) is 1. The first-order valence-electron chi connectivity index (χ1n) is 4.83. The van der Waals surface area contributed by atoms with Gasteiger partial charge in [-0.1, -0.05) is 0 Å². The normalized spacial score (nSPS) is 20.6. The first-order chi connectivity index (χ1) is 7.52. The molecule has 2 heterocycles. The molecule has 0 spiro atoms. The quantitative estimate of drug-likeness (QED) is 0.802. The van der Waals surface area contributed by atoms with Gasteiger partial charge in [-0.15, -0.1) is 0 Å². The van der Waals surface area contributed by atoms with Crippen molar-refractivity contribution >= 4 is 0 Å². The summed E-state index contributed by atoms with van der Waals surface area (Å²) in [5.74, 6) is 0. The Bertz CT molecular complexity index is 392. The van der Waals surface area contributed by atoms with Crippen LogP contribution in [0.3, 0.4) is 0 Å². The van der Waals surface area contributed by atoms with E-state index >= 15 is 0 Å². The van der Waals surface area contributed by atoms with E-state index in [2.05, 4.69) is 10.3 Å². The third kappa shape index (κ3) is 2.03. The number of aromatic nitrogens is 1. The lowest BCUT2D eigenvalue weighted by Crippen LogP contribution is -2.27. The van der Waals surface area contributed by atoms with E-state index in [1.165, 1.54) is 6.20 Å². The van der Waals surface area contributed by atoms with Crippen molar-refractivity contribution in [3.05, 3.63) is 29.1 Å². The zero-order valence-corrected chi connectivity index (χ0v) is 8.64. The van der Waals surface area contributed by atoms with Crippen molar-refractivity contribution in [1.82, 2.24) is 10.3 Å². The molecular formula is C10H11F3N2O. The van der Waals surface area contributed by atoms with E-state index in [1.807, 2.05) is 0 Å². The first-order valence-corrected chi connectivity index (χ1v) is 4.83. The minimum absolute atomic E-state index is 0.0847. The van der Waals surface area contributed by atoms with E-state index in [0.717, 1.165) is 11.6 Å². The summed E-state index contributed by atoms with van der Waals surface area (Å²) in [5, 5.41) is 2.97. The molecule has 1 unspecified atom stereocenters. The van der Waals surface area contributed by atoms with Gasteiger partial charge in [0.2, 0.25) is 0 Å². The molecular weight excluding hydrogens is 221 g/mol. The predicted octanol–water partition coefficient (Wildman–Crippen LogP) is 1.89. The SMILES string of the molecule is CNC1COCc2cc(C(F)(F)F)ncc21. The van der Waals surface area contributed by atoms with Crippen molar-refractivity contribution in [3.8, 4) is 0 Å². The van der Waals surface area contributed by atoms with Gasteiger partial charge in [0.25, 0.3) is 0 Å². The lowest BCUT2D eigenvalue weighted by molar-refractivity contribution is -0.141. The van der Waals surface area contributed by atoms with E-state index in [-0.39, 0.29) is 12.6 Å². The zero-order chi connectivity index (χ0) is 11.8. The Balaban J connectivity index is 2.39. The fourth-order valence-corrected chi connectivity index (χ4v) is 1.72. The molecule has 1 aromatic rings. The molecule has 2 rings (SSSR count). The van der Waals surface area contributed by atoms with Gasteiger partial charge < -0.3 is 10.1 Å². The van der Waals surface area contributed by atoms with Gasteiger partial charge in [-0.3, -0.25) is 4.98 Å². The number of pyridine rings is 1. The van der Waals surface area contributed by atoms with Gasteiger partial charge in [0.15, 0.2) is 0 Å². The van der Waals surface area contributed by atoms with Gasteiger partial charge >= 0.3 is 6.18 Å². The van der Waals surface area contributed by atoms with Crippen LogP contribution in [0.4, 0.5) is 13.2 Å². The minimum atomic E-state index is -4.40. The monoisotopic (exact) mass is 232 g/mol. The van der Waals surface area contributed by atoms with Gasteiger partial charge in [0, 0.05) is 6.20 Å². The highest BCUT2D eigenvalue weighted by atomic mass is 19.4. The maximum Gasteiger partial charge on any atom is 0.433 e. The second-order valence-corrected chi connectivity index (χ2v) is 3.62. The van der Waals surface area contributed by atoms with Crippen LogP contribution in [-0.4, -0.2) is 18.6 Å². The second kappa shape index (κ2) is 4.03. The van der Waals surface area contributed by atoms with Crippen molar-refractivity contribution < 1.29 is 17.9 Å². The molecule has 0 bridgehead atoms. The summed E-state index contributed by atoms with van der Waals surface area (Å²) in [5.41, 5.74) is 0.460. The van der Waals surface area contributed by atoms with E-state index in [9.17, 15) is 13.2 Å². The molecule has 0 aliphatic carbocycles. The van der Waals surface area contributed by atoms with Gasteiger partial charge in [-0.05, 0) is 24.2 Å². The minimum Gasteiger partial charge on any atom is -0.375 e. The molecule has 0 amide bonds. The summed E-state index contributed by atoms with van der Waals surface area (Å²) in [7, 11) is 1.74. The Morgan fingerprint density at radius 1 is 1.50 bits per heavy atom. The van der Waals surface area contributed by atoms with Crippen molar-refractivity contribution in [2.75, 3.05) is 13.7 Å². The number of ether oxygens (including phenoxy) is 1. The number of hydrogen-bond donors (Lipinski definition) is 1. The summed E-state index contributed by atoms with van der Waals surface area (Å²) >= 11 is 0. The fourth-order valence-electron chi connectivity index (χ4n) is 1.72. The fraction of sp³-hybridized carbons (Fsp3) is 0.500. The molecule has 0 aromatic carbocycles. The first kappa shape index (κ1) is 11.3. The Hall–Kier alpha value is -1.14. The summed E-state index contributed by atoms with van der Waals surface area (Å²) in [4.78, 5) is 3.44. The molecule has 1 aliphatic heterocycles. The number of alkyl halides is 3. The molecule has 0 saturated heterocycles. The van der Waals surface area contributed by atoms with Crippen molar-refractivity contribution in [3.63, 3.8) is 0 Å². The number of nitrogens with zero attached hydrogens (tertiary/aromatic N) is 1. The molecule has 1 atom stereocenters. The van der Waals surface area contributed by atoms with Gasteiger partial charge in [0.05, 0.1) is 19.3 Å². The summed E-state index contributed by atoms with van der Waals surface area (Å²) < 4.78 is 42.5. The van der Waals surface area contributed by atoms with Gasteiger partial charge in [-0.2, -0.15) is 13.2 Å². The maximum absolute atomic E-state index is 12.4. The van der Waals surface area contributed by atoms with E-state index < -0.39 is 11.9 Å². The second-order valence-electron chi connectivity index (χ2n) is 3.62. The molecule has 16 heavy (non-hydrogen) atoms. The van der Waals surface area contributed by atoms with Crippen LogP contribution in [0, 0.1) is 0 Å². The van der Waals surface area contributed by atoms with E-state index in [1.54, 1.807) is 7.05 Å². The Morgan fingerprint density at radius 3 is 2.88 bits per heavy atom. The third-order valence-electron chi connectivity index (χ3n) is 2.58. The van der Waals surface area contributed by atoms with E-state index in [0.29, 0.717) is 12.2 Å². The number of halogens is 3. The largest absolute Gasteiger partial charge is 0.433 e. The molecule has 1 N–H and O–H groups in total. The number of likely N-dealkylation sites (N-methyl/N-ethyl adjacent to an activating group) is 1. The van der Waals surface area contributed by atoms with E-state index in [4.69, 9.17) is 4.74 Å². The van der Waals surface area contributed by atoms with Gasteiger partial charge in [0.1, 0.15) is 5.69 Å². The molecule has 0 radical (unpaired) electrons. The summed E-state index contributed by atoms with van der Waals surface area (Å²) in [6.07, 6.45) is -3.12. The molecule has 1 aliphatic rings. The number of fused-ring (bicyclic) bond motifs is 1. The molecule has 0 saturated carbocycles. The third-order valence-corrected chi connectivity index (χ3v) is 2.58. The molecule has 1 aromatic heterocycles. The maximum atomic E-state index is 12.4. The molecule has 3 nitrogen and oxygen atoms in total. The number of hydrogen-bond acceptors (Lipinski definition) is 3. The Kier molecular flexibility index (Phi) is 2.86. The standard InChI is InChI=1S/C10H11F3N2O/c1-14-8-5-16-4-6-2-9(10(11,12)13)15-3-7(6)8/h2-3,8,14H,4-5H2,1H3.